The quantitative estimate of drug-likeness (QED) is 0.409. The molecule has 1 aromatic carbocycles. The van der Waals surface area contributed by atoms with Gasteiger partial charge >= 0.3 is 0 Å². The molecule has 2 aromatic rings. The third-order valence-corrected chi connectivity index (χ3v) is 5.20. The van der Waals surface area contributed by atoms with Gasteiger partial charge in [0.15, 0.2) is 0 Å². The highest BCUT2D eigenvalue weighted by Gasteiger charge is 2.21. The first-order valence-electron chi connectivity index (χ1n) is 10.3. The van der Waals surface area contributed by atoms with Gasteiger partial charge < -0.3 is 4.57 Å². The van der Waals surface area contributed by atoms with Crippen LogP contribution in [0.3, 0.4) is 0 Å². The zero-order chi connectivity index (χ0) is 21.2. The second-order valence-corrected chi connectivity index (χ2v) is 8.05. The summed E-state index contributed by atoms with van der Waals surface area (Å²) in [5.74, 6) is 0.858. The van der Waals surface area contributed by atoms with Crippen LogP contribution in [0.25, 0.3) is 0 Å². The van der Waals surface area contributed by atoms with E-state index in [-0.39, 0.29) is 17.7 Å². The van der Waals surface area contributed by atoms with Crippen LogP contribution in [0.5, 0.6) is 0 Å². The van der Waals surface area contributed by atoms with Gasteiger partial charge in [0.05, 0.1) is 6.20 Å². The van der Waals surface area contributed by atoms with Gasteiger partial charge in [0.1, 0.15) is 11.5 Å². The standard InChI is InChI=1S/C22H32N4O2S/c1-4-5-11-20-23-13-19(26(20)14-17-9-7-6-8-10-17)22(28)25-24-21(27)18(15-29)12-16(2)3/h6-10,13,16,18,29H,4-5,11-12,14-15H2,1-3H3,(H,24,27)(H,25,28). The summed E-state index contributed by atoms with van der Waals surface area (Å²) in [6, 6.07) is 9.97. The first-order chi connectivity index (χ1) is 14.0. The molecule has 2 amide bonds. The molecule has 0 aliphatic rings. The summed E-state index contributed by atoms with van der Waals surface area (Å²) >= 11 is 4.26. The lowest BCUT2D eigenvalue weighted by molar-refractivity contribution is -0.125. The Labute approximate surface area is 178 Å². The normalized spacial score (nSPS) is 12.0. The lowest BCUT2D eigenvalue weighted by Gasteiger charge is -2.17. The molecule has 29 heavy (non-hydrogen) atoms. The van der Waals surface area contributed by atoms with Crippen LogP contribution in [-0.4, -0.2) is 27.1 Å². The van der Waals surface area contributed by atoms with Crippen molar-refractivity contribution in [2.24, 2.45) is 11.8 Å². The van der Waals surface area contributed by atoms with Crippen molar-refractivity contribution in [1.82, 2.24) is 20.4 Å². The number of carbonyl (C=O) groups is 2. The molecule has 1 heterocycles. The van der Waals surface area contributed by atoms with Crippen molar-refractivity contribution >= 4 is 24.4 Å². The number of hydrogen-bond donors (Lipinski definition) is 3. The minimum Gasteiger partial charge on any atom is -0.319 e. The summed E-state index contributed by atoms with van der Waals surface area (Å²) in [7, 11) is 0. The summed E-state index contributed by atoms with van der Waals surface area (Å²) in [5.41, 5.74) is 6.63. The molecule has 0 spiro atoms. The molecule has 1 aromatic heterocycles. The van der Waals surface area contributed by atoms with Crippen molar-refractivity contribution in [1.29, 1.82) is 0 Å². The SMILES string of the molecule is CCCCc1ncc(C(=O)NNC(=O)C(CS)CC(C)C)n1Cc1ccccc1. The highest BCUT2D eigenvalue weighted by atomic mass is 32.1. The summed E-state index contributed by atoms with van der Waals surface area (Å²) in [5, 5.41) is 0. The number of imidazole rings is 1. The fraction of sp³-hybridized carbons (Fsp3) is 0.500. The number of benzene rings is 1. The Bertz CT molecular complexity index is 789. The second kappa shape index (κ2) is 11.7. The van der Waals surface area contributed by atoms with Crippen LogP contribution in [0.4, 0.5) is 0 Å². The molecule has 2 rings (SSSR count). The van der Waals surface area contributed by atoms with Crippen LogP contribution < -0.4 is 10.9 Å². The van der Waals surface area contributed by atoms with E-state index >= 15 is 0 Å². The van der Waals surface area contributed by atoms with E-state index in [1.165, 1.54) is 0 Å². The van der Waals surface area contributed by atoms with Crippen molar-refractivity contribution in [3.8, 4) is 0 Å². The van der Waals surface area contributed by atoms with Crippen molar-refractivity contribution in [2.75, 3.05) is 5.75 Å². The second-order valence-electron chi connectivity index (χ2n) is 7.69. The molecule has 1 unspecified atom stereocenters. The highest BCUT2D eigenvalue weighted by Crippen LogP contribution is 2.14. The molecular formula is C22H32N4O2S. The minimum atomic E-state index is -0.369. The molecule has 0 radical (unpaired) electrons. The number of aryl methyl sites for hydroxylation is 1. The fourth-order valence-corrected chi connectivity index (χ4v) is 3.50. The molecule has 6 nitrogen and oxygen atoms in total. The van der Waals surface area contributed by atoms with Gasteiger partial charge in [-0.3, -0.25) is 20.4 Å². The first kappa shape index (κ1) is 23.0. The summed E-state index contributed by atoms with van der Waals surface area (Å²) < 4.78 is 1.93. The lowest BCUT2D eigenvalue weighted by Crippen LogP contribution is -2.45. The number of hydrazine groups is 1. The van der Waals surface area contributed by atoms with E-state index in [9.17, 15) is 9.59 Å². The topological polar surface area (TPSA) is 76.0 Å². The molecule has 0 bridgehead atoms. The van der Waals surface area contributed by atoms with E-state index in [1.54, 1.807) is 6.20 Å². The molecule has 158 valence electrons. The van der Waals surface area contributed by atoms with Crippen LogP contribution in [-0.2, 0) is 17.8 Å². The largest absolute Gasteiger partial charge is 0.319 e. The van der Waals surface area contributed by atoms with Gasteiger partial charge in [-0.15, -0.1) is 0 Å². The summed E-state index contributed by atoms with van der Waals surface area (Å²) in [6.07, 6.45) is 5.16. The van der Waals surface area contributed by atoms with Crippen LogP contribution >= 0.6 is 12.6 Å². The van der Waals surface area contributed by atoms with Crippen molar-refractivity contribution < 1.29 is 9.59 Å². The van der Waals surface area contributed by atoms with Crippen molar-refractivity contribution in [3.63, 3.8) is 0 Å². The van der Waals surface area contributed by atoms with Gasteiger partial charge in [-0.1, -0.05) is 57.5 Å². The van der Waals surface area contributed by atoms with Gasteiger partial charge in [-0.2, -0.15) is 12.6 Å². The number of hydrogen-bond acceptors (Lipinski definition) is 4. The molecule has 0 aliphatic heterocycles. The predicted octanol–water partition coefficient (Wildman–Crippen LogP) is 3.63. The van der Waals surface area contributed by atoms with Gasteiger partial charge in [-0.05, 0) is 24.3 Å². The van der Waals surface area contributed by atoms with Gasteiger partial charge in [0.25, 0.3) is 5.91 Å². The van der Waals surface area contributed by atoms with Crippen molar-refractivity contribution in [3.05, 3.63) is 53.6 Å². The number of nitrogens with one attached hydrogen (secondary N) is 2. The number of rotatable bonds is 10. The molecule has 0 aliphatic carbocycles. The molecule has 0 fully saturated rings. The maximum absolute atomic E-state index is 12.8. The maximum Gasteiger partial charge on any atom is 0.287 e. The molecule has 7 heteroatoms. The van der Waals surface area contributed by atoms with Gasteiger partial charge in [0.2, 0.25) is 5.91 Å². The van der Waals surface area contributed by atoms with E-state index in [0.29, 0.717) is 23.9 Å². The molecule has 1 atom stereocenters. The van der Waals surface area contributed by atoms with E-state index in [2.05, 4.69) is 49.2 Å². The third kappa shape index (κ3) is 6.92. The Morgan fingerprint density at radius 1 is 1.17 bits per heavy atom. The lowest BCUT2D eigenvalue weighted by atomic mass is 9.98. The Kier molecular flexibility index (Phi) is 9.25. The predicted molar refractivity (Wildman–Crippen MR) is 119 cm³/mol. The molecule has 0 saturated heterocycles. The minimum absolute atomic E-state index is 0.220. The Morgan fingerprint density at radius 2 is 1.90 bits per heavy atom. The average Bonchev–Trinajstić information content (AvgIpc) is 3.11. The van der Waals surface area contributed by atoms with E-state index in [0.717, 1.165) is 37.1 Å². The van der Waals surface area contributed by atoms with Crippen LogP contribution in [0, 0.1) is 11.8 Å². The molecule has 2 N–H and O–H groups in total. The zero-order valence-corrected chi connectivity index (χ0v) is 18.4. The smallest absolute Gasteiger partial charge is 0.287 e. The fourth-order valence-electron chi connectivity index (χ4n) is 3.19. The van der Waals surface area contributed by atoms with Gasteiger partial charge in [-0.25, -0.2) is 4.98 Å². The van der Waals surface area contributed by atoms with E-state index in [4.69, 9.17) is 0 Å². The van der Waals surface area contributed by atoms with Crippen LogP contribution in [0.1, 0.15) is 61.9 Å². The number of unbranched alkanes of at least 4 members (excludes halogenated alkanes) is 1. The Hall–Kier alpha value is -2.28. The van der Waals surface area contributed by atoms with E-state index in [1.807, 2.05) is 34.9 Å². The highest BCUT2D eigenvalue weighted by molar-refractivity contribution is 7.80. The monoisotopic (exact) mass is 416 g/mol. The Balaban J connectivity index is 2.12. The number of carbonyl (C=O) groups excluding carboxylic acids is 2. The summed E-state index contributed by atoms with van der Waals surface area (Å²) in [6.45, 7) is 6.80. The molecular weight excluding hydrogens is 384 g/mol. The van der Waals surface area contributed by atoms with Crippen LogP contribution in [0.15, 0.2) is 36.5 Å². The first-order valence-corrected chi connectivity index (χ1v) is 10.9. The summed E-state index contributed by atoms with van der Waals surface area (Å²) in [4.78, 5) is 29.6. The van der Waals surface area contributed by atoms with Gasteiger partial charge in [0, 0.05) is 24.6 Å². The number of aromatic nitrogens is 2. The zero-order valence-electron chi connectivity index (χ0n) is 17.5. The van der Waals surface area contributed by atoms with Crippen molar-refractivity contribution in [2.45, 2.75) is 53.0 Å². The number of nitrogens with zero attached hydrogens (tertiary/aromatic N) is 2. The molecule has 0 saturated carbocycles. The van der Waals surface area contributed by atoms with Crippen LogP contribution in [0.2, 0.25) is 0 Å². The number of amides is 2. The Morgan fingerprint density at radius 3 is 2.52 bits per heavy atom. The average molecular weight is 417 g/mol. The third-order valence-electron chi connectivity index (χ3n) is 4.75. The number of thiol groups is 1. The maximum atomic E-state index is 12.8. The van der Waals surface area contributed by atoms with E-state index < -0.39 is 0 Å².